The molecule has 68 valence electrons. The van der Waals surface area contributed by atoms with Crippen molar-refractivity contribution in [3.8, 4) is 0 Å². The van der Waals surface area contributed by atoms with Gasteiger partial charge in [0.25, 0.3) is 0 Å². The van der Waals surface area contributed by atoms with Gasteiger partial charge in [0, 0.05) is 10.5 Å². The van der Waals surface area contributed by atoms with E-state index in [-0.39, 0.29) is 0 Å². The SMILES string of the molecule is Cc1nonc1N=c1ssnc1Cl. The van der Waals surface area contributed by atoms with Crippen LogP contribution in [0.15, 0.2) is 9.62 Å². The van der Waals surface area contributed by atoms with Crippen molar-refractivity contribution in [1.82, 2.24) is 14.7 Å². The lowest BCUT2D eigenvalue weighted by Gasteiger charge is -1.80. The van der Waals surface area contributed by atoms with E-state index in [9.17, 15) is 0 Å². The largest absolute Gasteiger partial charge is 0.242 e. The summed E-state index contributed by atoms with van der Waals surface area (Å²) >= 11 is 5.75. The molecule has 2 aromatic rings. The topological polar surface area (TPSA) is 64.2 Å². The summed E-state index contributed by atoms with van der Waals surface area (Å²) in [6, 6.07) is 0. The number of hydrogen-bond acceptors (Lipinski definition) is 7. The van der Waals surface area contributed by atoms with Gasteiger partial charge in [-0.1, -0.05) is 16.8 Å². The minimum absolute atomic E-state index is 0.386. The molecule has 2 aromatic heterocycles. The van der Waals surface area contributed by atoms with Crippen LogP contribution in [0.3, 0.4) is 0 Å². The Morgan fingerprint density at radius 1 is 1.46 bits per heavy atom. The van der Waals surface area contributed by atoms with E-state index in [0.29, 0.717) is 21.3 Å². The van der Waals surface area contributed by atoms with E-state index in [2.05, 4.69) is 24.3 Å². The minimum atomic E-state index is 0.386. The highest BCUT2D eigenvalue weighted by atomic mass is 35.5. The molecule has 0 unspecified atom stereocenters. The van der Waals surface area contributed by atoms with Gasteiger partial charge in [-0.25, -0.2) is 9.62 Å². The van der Waals surface area contributed by atoms with E-state index < -0.39 is 0 Å². The molecule has 0 amide bonds. The Labute approximate surface area is 85.2 Å². The van der Waals surface area contributed by atoms with Crippen molar-refractivity contribution in [1.29, 1.82) is 0 Å². The monoisotopic (exact) mass is 234 g/mol. The van der Waals surface area contributed by atoms with Crippen LogP contribution in [0.1, 0.15) is 5.69 Å². The fourth-order valence-electron chi connectivity index (χ4n) is 0.650. The Morgan fingerprint density at radius 2 is 2.31 bits per heavy atom. The van der Waals surface area contributed by atoms with Crippen LogP contribution in [0.4, 0.5) is 5.82 Å². The molecule has 0 bridgehead atoms. The molecular weight excluding hydrogens is 232 g/mol. The van der Waals surface area contributed by atoms with E-state index in [0.717, 1.165) is 0 Å². The van der Waals surface area contributed by atoms with Gasteiger partial charge in [-0.3, -0.25) is 0 Å². The van der Waals surface area contributed by atoms with Gasteiger partial charge in [-0.15, -0.1) is 0 Å². The van der Waals surface area contributed by atoms with Crippen LogP contribution < -0.4 is 4.67 Å². The lowest BCUT2D eigenvalue weighted by atomic mass is 10.5. The Balaban J connectivity index is 2.53. The molecule has 0 atom stereocenters. The van der Waals surface area contributed by atoms with Crippen molar-refractivity contribution in [2.45, 2.75) is 6.92 Å². The van der Waals surface area contributed by atoms with Crippen molar-refractivity contribution < 1.29 is 4.63 Å². The molecular formula is C5H3ClN4OS2. The van der Waals surface area contributed by atoms with Crippen molar-refractivity contribution in [3.05, 3.63) is 15.5 Å². The van der Waals surface area contributed by atoms with Crippen molar-refractivity contribution >= 4 is 38.3 Å². The third kappa shape index (κ3) is 1.77. The maximum atomic E-state index is 5.75. The predicted molar refractivity (Wildman–Crippen MR) is 49.3 cm³/mol. The van der Waals surface area contributed by atoms with Gasteiger partial charge in [-0.2, -0.15) is 4.37 Å². The smallest absolute Gasteiger partial charge is 0.221 e. The molecule has 0 radical (unpaired) electrons. The highest BCUT2D eigenvalue weighted by Gasteiger charge is 2.04. The molecule has 0 fully saturated rings. The average Bonchev–Trinajstić information content (AvgIpc) is 2.65. The number of hydrogen-bond donors (Lipinski definition) is 0. The first-order valence-electron chi connectivity index (χ1n) is 3.23. The Morgan fingerprint density at radius 3 is 2.85 bits per heavy atom. The number of aryl methyl sites for hydroxylation is 1. The maximum absolute atomic E-state index is 5.75. The number of nitrogens with zero attached hydrogens (tertiary/aromatic N) is 4. The third-order valence-electron chi connectivity index (χ3n) is 1.25. The molecule has 0 aliphatic rings. The molecule has 8 heteroatoms. The van der Waals surface area contributed by atoms with Crippen LogP contribution in [0.25, 0.3) is 0 Å². The minimum Gasteiger partial charge on any atom is -0.242 e. The van der Waals surface area contributed by atoms with Gasteiger partial charge < -0.3 is 0 Å². The predicted octanol–water partition coefficient (Wildman–Crippen LogP) is 1.78. The van der Waals surface area contributed by atoms with Crippen LogP contribution in [-0.4, -0.2) is 14.7 Å². The summed E-state index contributed by atoms with van der Waals surface area (Å²) in [6.07, 6.45) is 0. The molecule has 0 aliphatic heterocycles. The van der Waals surface area contributed by atoms with Crippen LogP contribution >= 0.6 is 32.5 Å². The lowest BCUT2D eigenvalue weighted by molar-refractivity contribution is 0.305. The zero-order chi connectivity index (χ0) is 9.26. The van der Waals surface area contributed by atoms with E-state index in [1.165, 1.54) is 20.9 Å². The fourth-order valence-corrected chi connectivity index (χ4v) is 2.62. The molecule has 0 saturated carbocycles. The van der Waals surface area contributed by atoms with E-state index in [1.54, 1.807) is 6.92 Å². The van der Waals surface area contributed by atoms with E-state index in [1.807, 2.05) is 0 Å². The molecule has 2 rings (SSSR count). The molecule has 0 spiro atoms. The fraction of sp³-hybridized carbons (Fsp3) is 0.200. The lowest BCUT2D eigenvalue weighted by Crippen LogP contribution is -1.93. The number of aromatic nitrogens is 3. The van der Waals surface area contributed by atoms with Gasteiger partial charge in [0.05, 0.1) is 0 Å². The van der Waals surface area contributed by atoms with Crippen molar-refractivity contribution in [2.75, 3.05) is 0 Å². The second kappa shape index (κ2) is 3.52. The normalized spacial score (nSPS) is 12.3. The highest BCUT2D eigenvalue weighted by molar-refractivity contribution is 7.66. The summed E-state index contributed by atoms with van der Waals surface area (Å²) in [7, 11) is 2.66. The third-order valence-corrected chi connectivity index (χ3v) is 3.42. The molecule has 2 heterocycles. The molecule has 0 aliphatic carbocycles. The maximum Gasteiger partial charge on any atom is 0.221 e. The quantitative estimate of drug-likeness (QED) is 0.706. The van der Waals surface area contributed by atoms with Crippen molar-refractivity contribution in [3.63, 3.8) is 0 Å². The summed E-state index contributed by atoms with van der Waals surface area (Å²) < 4.78 is 8.99. The second-order valence-electron chi connectivity index (χ2n) is 2.13. The Kier molecular flexibility index (Phi) is 2.38. The zero-order valence-electron chi connectivity index (χ0n) is 6.39. The van der Waals surface area contributed by atoms with Crippen molar-refractivity contribution in [2.24, 2.45) is 4.99 Å². The van der Waals surface area contributed by atoms with Gasteiger partial charge in [-0.05, 0) is 22.4 Å². The number of halogens is 1. The summed E-state index contributed by atoms with van der Waals surface area (Å²) in [6.45, 7) is 1.76. The van der Waals surface area contributed by atoms with Crippen LogP contribution in [0.5, 0.6) is 0 Å². The molecule has 5 nitrogen and oxygen atoms in total. The standard InChI is InChI=1S/C5H3ClN4OS2/c1-2-4(9-11-8-2)7-5-3(6)10-13-12-5/h1H3. The Hall–Kier alpha value is -0.790. The first-order valence-corrected chi connectivity index (χ1v) is 5.71. The average molecular weight is 235 g/mol. The molecule has 0 saturated heterocycles. The van der Waals surface area contributed by atoms with Crippen LogP contribution in [0, 0.1) is 6.92 Å². The molecule has 13 heavy (non-hydrogen) atoms. The summed E-state index contributed by atoms with van der Waals surface area (Å²) in [4.78, 5) is 4.13. The Bertz CT molecular complexity index is 473. The van der Waals surface area contributed by atoms with E-state index in [4.69, 9.17) is 11.6 Å². The molecule has 0 aromatic carbocycles. The van der Waals surface area contributed by atoms with Gasteiger partial charge >= 0.3 is 0 Å². The zero-order valence-corrected chi connectivity index (χ0v) is 8.78. The first-order chi connectivity index (χ1) is 6.27. The van der Waals surface area contributed by atoms with Crippen LogP contribution in [-0.2, 0) is 0 Å². The van der Waals surface area contributed by atoms with Gasteiger partial charge in [0.2, 0.25) is 5.82 Å². The number of rotatable bonds is 1. The molecule has 0 N–H and O–H groups in total. The summed E-state index contributed by atoms with van der Waals surface area (Å²) in [5, 5.41) is 7.58. The first kappa shape index (κ1) is 8.79. The van der Waals surface area contributed by atoms with E-state index >= 15 is 0 Å². The van der Waals surface area contributed by atoms with Gasteiger partial charge in [0.1, 0.15) is 5.69 Å². The second-order valence-corrected chi connectivity index (χ2v) is 4.32. The van der Waals surface area contributed by atoms with Gasteiger partial charge in [0.15, 0.2) is 9.82 Å². The van der Waals surface area contributed by atoms with Crippen LogP contribution in [0.2, 0.25) is 5.15 Å². The summed E-state index contributed by atoms with van der Waals surface area (Å²) in [5.74, 6) is 0.443. The summed E-state index contributed by atoms with van der Waals surface area (Å²) in [5.41, 5.74) is 0.634. The highest BCUT2D eigenvalue weighted by Crippen LogP contribution is 2.13.